The van der Waals surface area contributed by atoms with Gasteiger partial charge < -0.3 is 14.4 Å². The van der Waals surface area contributed by atoms with Gasteiger partial charge in [-0.3, -0.25) is 4.90 Å². The van der Waals surface area contributed by atoms with Crippen LogP contribution >= 0.6 is 0 Å². The molecule has 3 aliphatic rings. The van der Waals surface area contributed by atoms with Gasteiger partial charge in [0.1, 0.15) is 5.75 Å². The molecule has 36 heavy (non-hydrogen) atoms. The van der Waals surface area contributed by atoms with Crippen LogP contribution in [0.25, 0.3) is 0 Å². The van der Waals surface area contributed by atoms with Crippen LogP contribution in [0.3, 0.4) is 0 Å². The van der Waals surface area contributed by atoms with Crippen LogP contribution in [0.1, 0.15) is 55.7 Å². The molecule has 2 unspecified atom stereocenters. The first-order valence-electron chi connectivity index (χ1n) is 13.7. The van der Waals surface area contributed by atoms with Crippen LogP contribution < -0.4 is 9.64 Å². The van der Waals surface area contributed by atoms with E-state index in [-0.39, 0.29) is 0 Å². The molecule has 0 spiro atoms. The molecule has 0 radical (unpaired) electrons. The Morgan fingerprint density at radius 3 is 2.58 bits per heavy atom. The maximum absolute atomic E-state index is 9.59. The van der Waals surface area contributed by atoms with E-state index in [0.29, 0.717) is 18.9 Å². The first-order chi connectivity index (χ1) is 17.7. The van der Waals surface area contributed by atoms with E-state index in [9.17, 15) is 5.26 Å². The van der Waals surface area contributed by atoms with Gasteiger partial charge in [0.25, 0.3) is 0 Å². The predicted molar refractivity (Wildman–Crippen MR) is 140 cm³/mol. The number of ether oxygens (including phenoxy) is 2. The summed E-state index contributed by atoms with van der Waals surface area (Å²) in [6.07, 6.45) is 11.8. The lowest BCUT2D eigenvalue weighted by Crippen LogP contribution is -2.38. The number of benzene rings is 1. The molecule has 2 saturated heterocycles. The van der Waals surface area contributed by atoms with Crippen LogP contribution in [-0.4, -0.2) is 61.0 Å². The highest BCUT2D eigenvalue weighted by Crippen LogP contribution is 2.49. The van der Waals surface area contributed by atoms with Crippen LogP contribution in [0.4, 0.5) is 5.95 Å². The number of aromatic nitrogens is 2. The summed E-state index contributed by atoms with van der Waals surface area (Å²) in [5.41, 5.74) is 2.93. The summed E-state index contributed by atoms with van der Waals surface area (Å²) in [6.45, 7) is 8.59. The zero-order valence-electron chi connectivity index (χ0n) is 21.6. The maximum atomic E-state index is 9.59. The molecule has 0 bridgehead atoms. The molecule has 5 rings (SSSR count). The zero-order chi connectivity index (χ0) is 24.7. The Balaban J connectivity index is 0.998. The highest BCUT2D eigenvalue weighted by molar-refractivity contribution is 5.43. The molecule has 2 aromatic rings. The first-order valence-corrected chi connectivity index (χ1v) is 13.7. The summed E-state index contributed by atoms with van der Waals surface area (Å²) < 4.78 is 11.8. The molecule has 3 heterocycles. The summed E-state index contributed by atoms with van der Waals surface area (Å²) in [5.74, 6) is 4.12. The Hall–Kier alpha value is -2.69. The number of hydrogen-bond acceptors (Lipinski definition) is 7. The lowest BCUT2D eigenvalue weighted by atomic mass is 9.90. The zero-order valence-corrected chi connectivity index (χ0v) is 21.6. The average Bonchev–Trinajstić information content (AvgIpc) is 3.67. The van der Waals surface area contributed by atoms with E-state index in [4.69, 9.17) is 9.47 Å². The predicted octanol–water partition coefficient (Wildman–Crippen LogP) is 4.45. The van der Waals surface area contributed by atoms with E-state index < -0.39 is 0 Å². The molecular weight excluding hydrogens is 450 g/mol. The van der Waals surface area contributed by atoms with Crippen LogP contribution in [0.15, 0.2) is 30.6 Å². The monoisotopic (exact) mass is 489 g/mol. The molecule has 1 saturated carbocycles. The molecule has 3 fully saturated rings. The topological polar surface area (TPSA) is 74.5 Å². The minimum absolute atomic E-state index is 0.644. The minimum atomic E-state index is 0.644. The largest absolute Gasteiger partial charge is 0.494 e. The number of likely N-dealkylation sites (tertiary alicyclic amines) is 1. The standard InChI is InChI=1S/C29H39N5O2/c1-2-22-19-31-29(32-20-22)34-12-6-24(7-13-34)28-17-25(28)9-15-36-27-5-4-23(26(16-27)18-30)8-14-35-21-33-10-3-11-33/h4-5,16,19-20,24-25,28H,2-3,6-15,17,21H2,1H3. The van der Waals surface area contributed by atoms with E-state index >= 15 is 0 Å². The summed E-state index contributed by atoms with van der Waals surface area (Å²) in [6, 6.07) is 8.24. The molecule has 1 aliphatic carbocycles. The van der Waals surface area contributed by atoms with Crippen molar-refractivity contribution in [2.24, 2.45) is 17.8 Å². The second-order valence-corrected chi connectivity index (χ2v) is 10.6. The van der Waals surface area contributed by atoms with Gasteiger partial charge in [0.05, 0.1) is 31.6 Å². The van der Waals surface area contributed by atoms with Crippen LogP contribution in [0.2, 0.25) is 0 Å². The third-order valence-corrected chi connectivity index (χ3v) is 8.20. The molecule has 192 valence electrons. The number of nitriles is 1. The van der Waals surface area contributed by atoms with Crippen molar-refractivity contribution in [3.05, 3.63) is 47.3 Å². The Kier molecular flexibility index (Phi) is 8.35. The second-order valence-electron chi connectivity index (χ2n) is 10.6. The fourth-order valence-corrected chi connectivity index (χ4v) is 5.58. The van der Waals surface area contributed by atoms with Gasteiger partial charge in [-0.1, -0.05) is 13.0 Å². The number of anilines is 1. The molecule has 0 amide bonds. The number of rotatable bonds is 12. The number of piperidine rings is 1. The van der Waals surface area contributed by atoms with Gasteiger partial charge in [-0.25, -0.2) is 9.97 Å². The molecule has 1 aromatic heterocycles. The fourth-order valence-electron chi connectivity index (χ4n) is 5.58. The number of hydrogen-bond donors (Lipinski definition) is 0. The minimum Gasteiger partial charge on any atom is -0.494 e. The number of aryl methyl sites for hydroxylation is 1. The molecule has 0 N–H and O–H groups in total. The van der Waals surface area contributed by atoms with E-state index in [1.165, 1.54) is 31.2 Å². The lowest BCUT2D eigenvalue weighted by Gasteiger charge is -2.32. The molecular formula is C29H39N5O2. The van der Waals surface area contributed by atoms with Gasteiger partial charge in [0.15, 0.2) is 0 Å². The molecule has 7 heteroatoms. The third-order valence-electron chi connectivity index (χ3n) is 8.20. The normalized spacial score (nSPS) is 22.2. The van der Waals surface area contributed by atoms with E-state index in [1.807, 2.05) is 30.6 Å². The van der Waals surface area contributed by atoms with Crippen molar-refractivity contribution in [1.82, 2.24) is 14.9 Å². The van der Waals surface area contributed by atoms with Crippen molar-refractivity contribution < 1.29 is 9.47 Å². The second kappa shape index (κ2) is 12.0. The Morgan fingerprint density at radius 1 is 1.08 bits per heavy atom. The smallest absolute Gasteiger partial charge is 0.225 e. The van der Waals surface area contributed by atoms with E-state index in [2.05, 4.69) is 32.8 Å². The Morgan fingerprint density at radius 2 is 1.89 bits per heavy atom. The molecule has 2 aliphatic heterocycles. The SMILES string of the molecule is CCc1cnc(N2CCC(C3CC3CCOc3ccc(CCOCN4CCC4)c(C#N)c3)CC2)nc1. The quantitative estimate of drug-likeness (QED) is 0.408. The van der Waals surface area contributed by atoms with Crippen LogP contribution in [-0.2, 0) is 17.6 Å². The van der Waals surface area contributed by atoms with Crippen molar-refractivity contribution in [3.63, 3.8) is 0 Å². The van der Waals surface area contributed by atoms with Gasteiger partial charge in [0, 0.05) is 38.6 Å². The Labute approximate surface area is 215 Å². The highest BCUT2D eigenvalue weighted by atomic mass is 16.5. The summed E-state index contributed by atoms with van der Waals surface area (Å²) >= 11 is 0. The fraction of sp³-hybridized carbons (Fsp3) is 0.621. The molecule has 7 nitrogen and oxygen atoms in total. The van der Waals surface area contributed by atoms with Crippen molar-refractivity contribution in [2.75, 3.05) is 51.0 Å². The van der Waals surface area contributed by atoms with Crippen molar-refractivity contribution in [2.45, 2.75) is 51.9 Å². The van der Waals surface area contributed by atoms with Gasteiger partial charge in [-0.05, 0) is 86.0 Å². The van der Waals surface area contributed by atoms with Gasteiger partial charge >= 0.3 is 0 Å². The molecule has 1 aromatic carbocycles. The first kappa shape index (κ1) is 25.0. The lowest BCUT2D eigenvalue weighted by molar-refractivity contribution is -0.00143. The van der Waals surface area contributed by atoms with E-state index in [1.54, 1.807) is 0 Å². The van der Waals surface area contributed by atoms with E-state index in [0.717, 1.165) is 87.1 Å². The summed E-state index contributed by atoms with van der Waals surface area (Å²) in [4.78, 5) is 13.7. The van der Waals surface area contributed by atoms with Gasteiger partial charge in [-0.2, -0.15) is 5.26 Å². The summed E-state index contributed by atoms with van der Waals surface area (Å²) in [7, 11) is 0. The Bertz CT molecular complexity index is 1020. The summed E-state index contributed by atoms with van der Waals surface area (Å²) in [5, 5.41) is 9.59. The van der Waals surface area contributed by atoms with Crippen molar-refractivity contribution in [3.8, 4) is 11.8 Å². The van der Waals surface area contributed by atoms with Crippen molar-refractivity contribution >= 4 is 5.95 Å². The highest BCUT2D eigenvalue weighted by Gasteiger charge is 2.43. The number of nitrogens with zero attached hydrogens (tertiary/aromatic N) is 5. The molecule has 2 atom stereocenters. The van der Waals surface area contributed by atoms with Gasteiger partial charge in [-0.15, -0.1) is 0 Å². The van der Waals surface area contributed by atoms with Gasteiger partial charge in [0.2, 0.25) is 5.95 Å². The third kappa shape index (κ3) is 6.35. The average molecular weight is 490 g/mol. The van der Waals surface area contributed by atoms with Crippen LogP contribution in [0.5, 0.6) is 5.75 Å². The van der Waals surface area contributed by atoms with Crippen LogP contribution in [0, 0.1) is 29.1 Å². The van der Waals surface area contributed by atoms with Crippen molar-refractivity contribution in [1.29, 1.82) is 5.26 Å². The maximum Gasteiger partial charge on any atom is 0.225 e.